The van der Waals surface area contributed by atoms with Crippen LogP contribution >= 0.6 is 0 Å². The van der Waals surface area contributed by atoms with Gasteiger partial charge in [0.05, 0.1) is 11.5 Å². The topological polar surface area (TPSA) is 54.4 Å². The van der Waals surface area contributed by atoms with Crippen molar-refractivity contribution in [3.05, 3.63) is 35.4 Å². The van der Waals surface area contributed by atoms with Gasteiger partial charge < -0.3 is 5.11 Å². The highest BCUT2D eigenvalue weighted by atomic mass is 32.2. The van der Waals surface area contributed by atoms with Crippen LogP contribution in [0.2, 0.25) is 0 Å². The van der Waals surface area contributed by atoms with Crippen molar-refractivity contribution < 1.29 is 22.3 Å². The molecule has 1 N–H and O–H groups in total. The van der Waals surface area contributed by atoms with E-state index >= 15 is 0 Å². The molecule has 2 unspecified atom stereocenters. The predicted molar refractivity (Wildman–Crippen MR) is 67.4 cm³/mol. The molecule has 106 valence electrons. The third kappa shape index (κ3) is 3.30. The highest BCUT2D eigenvalue weighted by molar-refractivity contribution is 7.91. The molecule has 1 heterocycles. The summed E-state index contributed by atoms with van der Waals surface area (Å²) in [6, 6.07) is 3.61. The van der Waals surface area contributed by atoms with Gasteiger partial charge in [-0.25, -0.2) is 17.2 Å². The van der Waals surface area contributed by atoms with Crippen molar-refractivity contribution in [1.82, 2.24) is 0 Å². The van der Waals surface area contributed by atoms with Crippen LogP contribution in [0.5, 0.6) is 0 Å². The van der Waals surface area contributed by atoms with E-state index in [2.05, 4.69) is 0 Å². The van der Waals surface area contributed by atoms with Crippen molar-refractivity contribution in [1.29, 1.82) is 0 Å². The van der Waals surface area contributed by atoms with E-state index in [1.54, 1.807) is 0 Å². The second-order valence-electron chi connectivity index (χ2n) is 5.01. The smallest absolute Gasteiger partial charge is 0.150 e. The molecule has 2 atom stereocenters. The minimum Gasteiger partial charge on any atom is -0.396 e. The first-order valence-corrected chi connectivity index (χ1v) is 7.99. The van der Waals surface area contributed by atoms with Gasteiger partial charge in [0.25, 0.3) is 0 Å². The van der Waals surface area contributed by atoms with Crippen LogP contribution in [0.4, 0.5) is 8.78 Å². The summed E-state index contributed by atoms with van der Waals surface area (Å²) < 4.78 is 49.9. The number of hydrogen-bond acceptors (Lipinski definition) is 3. The maximum Gasteiger partial charge on any atom is 0.150 e. The Labute approximate surface area is 111 Å². The molecular weight excluding hydrogens is 274 g/mol. The average Bonchev–Trinajstić information content (AvgIpc) is 2.69. The van der Waals surface area contributed by atoms with Gasteiger partial charge in [-0.1, -0.05) is 6.07 Å². The Kier molecular flexibility index (Phi) is 4.20. The molecule has 0 saturated carbocycles. The molecule has 0 aliphatic carbocycles. The van der Waals surface area contributed by atoms with Crippen LogP contribution in [-0.4, -0.2) is 31.6 Å². The molecule has 1 aliphatic heterocycles. The van der Waals surface area contributed by atoms with Crippen molar-refractivity contribution in [2.75, 3.05) is 18.1 Å². The molecular formula is C13H16F2O3S. The molecule has 1 aliphatic rings. The van der Waals surface area contributed by atoms with Crippen LogP contribution in [-0.2, 0) is 16.3 Å². The molecule has 1 aromatic carbocycles. The minimum atomic E-state index is -3.06. The summed E-state index contributed by atoms with van der Waals surface area (Å²) in [5, 5.41) is 9.36. The number of rotatable bonds is 4. The SMILES string of the molecule is O=S1(=O)CCC(C(CO)Cc2c(F)cccc2F)C1. The lowest BCUT2D eigenvalue weighted by Crippen LogP contribution is -2.23. The van der Waals surface area contributed by atoms with Crippen LogP contribution in [0.25, 0.3) is 0 Å². The highest BCUT2D eigenvalue weighted by Crippen LogP contribution is 2.29. The molecule has 0 radical (unpaired) electrons. The lowest BCUT2D eigenvalue weighted by Gasteiger charge is -2.20. The van der Waals surface area contributed by atoms with E-state index in [-0.39, 0.29) is 36.0 Å². The molecule has 2 rings (SSSR count). The Morgan fingerprint density at radius 1 is 1.32 bits per heavy atom. The summed E-state index contributed by atoms with van der Waals surface area (Å²) in [5.74, 6) is -1.88. The van der Waals surface area contributed by atoms with E-state index in [4.69, 9.17) is 0 Å². The predicted octanol–water partition coefficient (Wildman–Crippen LogP) is 1.55. The van der Waals surface area contributed by atoms with Crippen molar-refractivity contribution in [3.63, 3.8) is 0 Å². The van der Waals surface area contributed by atoms with E-state index in [1.165, 1.54) is 6.07 Å². The van der Waals surface area contributed by atoms with E-state index in [9.17, 15) is 22.3 Å². The maximum absolute atomic E-state index is 13.5. The van der Waals surface area contributed by atoms with Crippen LogP contribution in [0, 0.1) is 23.5 Å². The first-order valence-electron chi connectivity index (χ1n) is 6.17. The fourth-order valence-corrected chi connectivity index (χ4v) is 4.49. The second kappa shape index (κ2) is 5.54. The zero-order valence-corrected chi connectivity index (χ0v) is 11.2. The molecule has 1 saturated heterocycles. The Balaban J connectivity index is 2.16. The first-order chi connectivity index (χ1) is 8.93. The molecule has 3 nitrogen and oxygen atoms in total. The Morgan fingerprint density at radius 3 is 2.42 bits per heavy atom. The first kappa shape index (κ1) is 14.4. The van der Waals surface area contributed by atoms with E-state index in [0.29, 0.717) is 6.42 Å². The zero-order valence-electron chi connectivity index (χ0n) is 10.4. The number of hydrogen-bond donors (Lipinski definition) is 1. The summed E-state index contributed by atoms with van der Waals surface area (Å²) in [7, 11) is -3.06. The lowest BCUT2D eigenvalue weighted by atomic mass is 9.87. The summed E-state index contributed by atoms with van der Waals surface area (Å²) >= 11 is 0. The number of benzene rings is 1. The number of aliphatic hydroxyl groups is 1. The monoisotopic (exact) mass is 290 g/mol. The third-order valence-electron chi connectivity index (χ3n) is 3.70. The number of halogens is 2. The standard InChI is InChI=1S/C13H16F2O3S/c14-12-2-1-3-13(15)11(12)6-10(7-16)9-4-5-19(17,18)8-9/h1-3,9-10,16H,4-8H2. The highest BCUT2D eigenvalue weighted by Gasteiger charge is 2.34. The van der Waals surface area contributed by atoms with Crippen molar-refractivity contribution >= 4 is 9.84 Å². The molecule has 0 spiro atoms. The molecule has 0 aromatic heterocycles. The van der Waals surface area contributed by atoms with E-state index in [1.807, 2.05) is 0 Å². The van der Waals surface area contributed by atoms with Gasteiger partial charge in [0.1, 0.15) is 11.6 Å². The molecule has 0 bridgehead atoms. The third-order valence-corrected chi connectivity index (χ3v) is 5.49. The van der Waals surface area contributed by atoms with Gasteiger partial charge in [-0.15, -0.1) is 0 Å². The van der Waals surface area contributed by atoms with Crippen molar-refractivity contribution in [2.45, 2.75) is 12.8 Å². The molecule has 1 fully saturated rings. The molecule has 6 heteroatoms. The number of sulfone groups is 1. The Bertz CT molecular complexity index is 537. The van der Waals surface area contributed by atoms with Gasteiger partial charge in [0.15, 0.2) is 9.84 Å². The van der Waals surface area contributed by atoms with E-state index < -0.39 is 27.4 Å². The normalized spacial score (nSPS) is 23.4. The zero-order chi connectivity index (χ0) is 14.0. The van der Waals surface area contributed by atoms with Gasteiger partial charge in [-0.05, 0) is 36.8 Å². The Hall–Kier alpha value is -1.01. The summed E-state index contributed by atoms with van der Waals surface area (Å²) in [6.45, 7) is -0.270. The molecule has 19 heavy (non-hydrogen) atoms. The maximum atomic E-state index is 13.5. The van der Waals surface area contributed by atoms with Crippen molar-refractivity contribution in [2.24, 2.45) is 11.8 Å². The quantitative estimate of drug-likeness (QED) is 0.915. The Morgan fingerprint density at radius 2 is 1.95 bits per heavy atom. The average molecular weight is 290 g/mol. The van der Waals surface area contributed by atoms with Crippen LogP contribution < -0.4 is 0 Å². The number of aliphatic hydroxyl groups excluding tert-OH is 1. The van der Waals surface area contributed by atoms with Gasteiger partial charge >= 0.3 is 0 Å². The summed E-state index contributed by atoms with van der Waals surface area (Å²) in [4.78, 5) is 0. The molecule has 1 aromatic rings. The lowest BCUT2D eigenvalue weighted by molar-refractivity contribution is 0.182. The van der Waals surface area contributed by atoms with Crippen molar-refractivity contribution in [3.8, 4) is 0 Å². The largest absolute Gasteiger partial charge is 0.396 e. The second-order valence-corrected chi connectivity index (χ2v) is 7.24. The fraction of sp³-hybridized carbons (Fsp3) is 0.538. The van der Waals surface area contributed by atoms with Gasteiger partial charge in [0, 0.05) is 12.2 Å². The summed E-state index contributed by atoms with van der Waals surface area (Å²) in [6.07, 6.45) is 0.471. The molecule has 0 amide bonds. The van der Waals surface area contributed by atoms with Crippen LogP contribution in [0.3, 0.4) is 0 Å². The van der Waals surface area contributed by atoms with E-state index in [0.717, 1.165) is 12.1 Å². The van der Waals surface area contributed by atoms with Gasteiger partial charge in [-0.2, -0.15) is 0 Å². The fourth-order valence-electron chi connectivity index (χ4n) is 2.57. The van der Waals surface area contributed by atoms with Gasteiger partial charge in [0.2, 0.25) is 0 Å². The van der Waals surface area contributed by atoms with Crippen LogP contribution in [0.1, 0.15) is 12.0 Å². The van der Waals surface area contributed by atoms with Gasteiger partial charge in [-0.3, -0.25) is 0 Å². The minimum absolute atomic E-state index is 0.00566. The van der Waals surface area contributed by atoms with Crippen LogP contribution in [0.15, 0.2) is 18.2 Å². The summed E-state index contributed by atoms with van der Waals surface area (Å²) in [5.41, 5.74) is -0.0779.